The van der Waals surface area contributed by atoms with Crippen LogP contribution < -0.4 is 10.6 Å². The van der Waals surface area contributed by atoms with Crippen LogP contribution in [0.15, 0.2) is 24.3 Å². The van der Waals surface area contributed by atoms with Crippen LogP contribution in [-0.2, 0) is 14.3 Å². The fourth-order valence-electron chi connectivity index (χ4n) is 1.99. The highest BCUT2D eigenvalue weighted by Gasteiger charge is 2.28. The van der Waals surface area contributed by atoms with E-state index < -0.39 is 23.8 Å². The Morgan fingerprint density at radius 3 is 2.61 bits per heavy atom. The fraction of sp³-hybridized carbons (Fsp3) is 0.375. The van der Waals surface area contributed by atoms with Gasteiger partial charge in [-0.1, -0.05) is 13.0 Å². The van der Waals surface area contributed by atoms with E-state index in [1.807, 2.05) is 6.07 Å². The van der Waals surface area contributed by atoms with E-state index in [2.05, 4.69) is 15.4 Å². The summed E-state index contributed by atoms with van der Waals surface area (Å²) in [5.74, 6) is -1.75. The smallest absolute Gasteiger partial charge is 0.328 e. The highest BCUT2D eigenvalue weighted by atomic mass is 16.5. The van der Waals surface area contributed by atoms with Crippen molar-refractivity contribution < 1.29 is 19.1 Å². The van der Waals surface area contributed by atoms with Crippen LogP contribution >= 0.6 is 0 Å². The molecule has 0 saturated carbocycles. The molecule has 2 N–H and O–H groups in total. The first-order valence-electron chi connectivity index (χ1n) is 7.02. The molecule has 0 aromatic heterocycles. The Bertz CT molecular complexity index is 636. The maximum absolute atomic E-state index is 12.3. The van der Waals surface area contributed by atoms with Gasteiger partial charge in [-0.15, -0.1) is 0 Å². The van der Waals surface area contributed by atoms with Gasteiger partial charge in [-0.2, -0.15) is 5.26 Å². The summed E-state index contributed by atoms with van der Waals surface area (Å²) >= 11 is 0. The quantitative estimate of drug-likeness (QED) is 0.772. The number of ether oxygens (including phenoxy) is 1. The molecular weight excluding hydrogens is 298 g/mol. The molecule has 0 spiro atoms. The third kappa shape index (κ3) is 5.43. The van der Waals surface area contributed by atoms with Gasteiger partial charge >= 0.3 is 5.97 Å². The van der Waals surface area contributed by atoms with Crippen LogP contribution in [0.1, 0.15) is 30.6 Å². The Kier molecular flexibility index (Phi) is 6.74. The van der Waals surface area contributed by atoms with E-state index in [9.17, 15) is 14.4 Å². The van der Waals surface area contributed by atoms with Crippen molar-refractivity contribution in [1.29, 1.82) is 5.26 Å². The highest BCUT2D eigenvalue weighted by Crippen LogP contribution is 2.13. The second kappa shape index (κ2) is 8.54. The zero-order valence-corrected chi connectivity index (χ0v) is 13.3. The van der Waals surface area contributed by atoms with Crippen molar-refractivity contribution in [3.8, 4) is 6.07 Å². The predicted molar refractivity (Wildman–Crippen MR) is 83.4 cm³/mol. The molecule has 0 heterocycles. The van der Waals surface area contributed by atoms with Crippen LogP contribution in [0, 0.1) is 17.2 Å². The summed E-state index contributed by atoms with van der Waals surface area (Å²) < 4.78 is 4.67. The summed E-state index contributed by atoms with van der Waals surface area (Å²) in [6, 6.07) is 7.37. The van der Waals surface area contributed by atoms with E-state index >= 15 is 0 Å². The Hall–Kier alpha value is -2.88. The number of benzene rings is 1. The second-order valence-corrected chi connectivity index (χ2v) is 5.08. The number of hydrogen-bond donors (Lipinski definition) is 2. The molecule has 122 valence electrons. The zero-order chi connectivity index (χ0) is 17.4. The lowest BCUT2D eigenvalue weighted by atomic mass is 9.98. The molecule has 23 heavy (non-hydrogen) atoms. The van der Waals surface area contributed by atoms with Gasteiger partial charge in [0.15, 0.2) is 0 Å². The van der Waals surface area contributed by atoms with Crippen LogP contribution in [0.2, 0.25) is 0 Å². The molecule has 1 aromatic carbocycles. The van der Waals surface area contributed by atoms with E-state index in [1.165, 1.54) is 20.1 Å². The minimum Gasteiger partial charge on any atom is -0.467 e. The summed E-state index contributed by atoms with van der Waals surface area (Å²) in [4.78, 5) is 35.2. The van der Waals surface area contributed by atoms with Crippen LogP contribution in [0.25, 0.3) is 0 Å². The predicted octanol–water partition coefficient (Wildman–Crippen LogP) is 1.47. The first kappa shape index (κ1) is 18.2. The molecular formula is C16H19N3O4. The number of hydrogen-bond acceptors (Lipinski definition) is 5. The van der Waals surface area contributed by atoms with E-state index in [4.69, 9.17) is 5.26 Å². The van der Waals surface area contributed by atoms with E-state index in [-0.39, 0.29) is 17.9 Å². The van der Waals surface area contributed by atoms with Crippen LogP contribution in [0.3, 0.4) is 0 Å². The SMILES string of the molecule is COC(=O)[C@@H](NC(=O)c1cccc(NC(C)=O)c1)[C@H](C)CC#N. The van der Waals surface area contributed by atoms with Gasteiger partial charge in [-0.3, -0.25) is 9.59 Å². The molecule has 0 radical (unpaired) electrons. The first-order valence-corrected chi connectivity index (χ1v) is 7.02. The minimum absolute atomic E-state index is 0.103. The van der Waals surface area contributed by atoms with Crippen molar-refractivity contribution in [3.05, 3.63) is 29.8 Å². The number of carbonyl (C=O) groups excluding carboxylic acids is 3. The van der Waals surface area contributed by atoms with Crippen molar-refractivity contribution in [2.45, 2.75) is 26.3 Å². The van der Waals surface area contributed by atoms with E-state index in [0.29, 0.717) is 5.69 Å². The number of rotatable bonds is 6. The van der Waals surface area contributed by atoms with Crippen molar-refractivity contribution in [2.24, 2.45) is 5.92 Å². The maximum Gasteiger partial charge on any atom is 0.328 e. The number of carbonyl (C=O) groups is 3. The Balaban J connectivity index is 2.92. The van der Waals surface area contributed by atoms with Crippen molar-refractivity contribution in [1.82, 2.24) is 5.32 Å². The number of nitrogens with zero attached hydrogens (tertiary/aromatic N) is 1. The lowest BCUT2D eigenvalue weighted by Gasteiger charge is -2.21. The fourth-order valence-corrected chi connectivity index (χ4v) is 1.99. The number of amides is 2. The largest absolute Gasteiger partial charge is 0.467 e. The molecule has 0 bridgehead atoms. The van der Waals surface area contributed by atoms with Gasteiger partial charge < -0.3 is 15.4 Å². The molecule has 1 rings (SSSR count). The van der Waals surface area contributed by atoms with Crippen LogP contribution in [0.4, 0.5) is 5.69 Å². The summed E-state index contributed by atoms with van der Waals surface area (Å²) in [5.41, 5.74) is 0.763. The van der Waals surface area contributed by atoms with Gasteiger partial charge in [0.25, 0.3) is 5.91 Å². The average Bonchev–Trinajstić information content (AvgIpc) is 2.51. The Morgan fingerprint density at radius 1 is 1.35 bits per heavy atom. The van der Waals surface area contributed by atoms with Crippen molar-refractivity contribution in [2.75, 3.05) is 12.4 Å². The zero-order valence-electron chi connectivity index (χ0n) is 13.3. The van der Waals surface area contributed by atoms with E-state index in [1.54, 1.807) is 25.1 Å². The van der Waals surface area contributed by atoms with Crippen molar-refractivity contribution in [3.63, 3.8) is 0 Å². The van der Waals surface area contributed by atoms with Gasteiger partial charge in [0.05, 0.1) is 13.2 Å². The molecule has 0 aliphatic heterocycles. The second-order valence-electron chi connectivity index (χ2n) is 5.08. The summed E-state index contributed by atoms with van der Waals surface area (Å²) in [6.45, 7) is 3.04. The van der Waals surface area contributed by atoms with Crippen LogP contribution in [-0.4, -0.2) is 30.9 Å². The summed E-state index contributed by atoms with van der Waals surface area (Å²) in [5, 5.41) is 13.9. The van der Waals surface area contributed by atoms with Gasteiger partial charge in [0.2, 0.25) is 5.91 Å². The molecule has 0 aliphatic rings. The number of nitriles is 1. The highest BCUT2D eigenvalue weighted by molar-refractivity contribution is 5.98. The molecule has 0 fully saturated rings. The van der Waals surface area contributed by atoms with Crippen molar-refractivity contribution >= 4 is 23.5 Å². The third-order valence-electron chi connectivity index (χ3n) is 3.17. The average molecular weight is 317 g/mol. The topological polar surface area (TPSA) is 108 Å². The number of nitrogens with one attached hydrogen (secondary N) is 2. The molecule has 0 unspecified atom stereocenters. The standard InChI is InChI=1S/C16H19N3O4/c1-10(7-8-17)14(16(22)23-3)19-15(21)12-5-4-6-13(9-12)18-11(2)20/h4-6,9-10,14H,7H2,1-3H3,(H,18,20)(H,19,21)/t10-,14+/m1/s1. The van der Waals surface area contributed by atoms with Crippen LogP contribution in [0.5, 0.6) is 0 Å². The van der Waals surface area contributed by atoms with Gasteiger partial charge in [0, 0.05) is 30.5 Å². The normalized spacial score (nSPS) is 12.4. The summed E-state index contributed by atoms with van der Waals surface area (Å²) in [6.07, 6.45) is 0.103. The molecule has 7 heteroatoms. The summed E-state index contributed by atoms with van der Waals surface area (Å²) in [7, 11) is 1.22. The number of methoxy groups -OCH3 is 1. The van der Waals surface area contributed by atoms with Gasteiger partial charge in [-0.05, 0) is 18.2 Å². The molecule has 0 aliphatic carbocycles. The monoisotopic (exact) mass is 317 g/mol. The molecule has 0 saturated heterocycles. The van der Waals surface area contributed by atoms with Gasteiger partial charge in [-0.25, -0.2) is 4.79 Å². The number of anilines is 1. The molecule has 1 aromatic rings. The molecule has 2 atom stereocenters. The third-order valence-corrected chi connectivity index (χ3v) is 3.17. The lowest BCUT2D eigenvalue weighted by Crippen LogP contribution is -2.45. The maximum atomic E-state index is 12.3. The minimum atomic E-state index is -0.920. The first-order chi connectivity index (χ1) is 10.9. The lowest BCUT2D eigenvalue weighted by molar-refractivity contribution is -0.144. The molecule has 7 nitrogen and oxygen atoms in total. The number of esters is 1. The van der Waals surface area contributed by atoms with E-state index in [0.717, 1.165) is 0 Å². The van der Waals surface area contributed by atoms with Gasteiger partial charge in [0.1, 0.15) is 6.04 Å². The Labute approximate surface area is 134 Å². The Morgan fingerprint density at radius 2 is 2.04 bits per heavy atom. The molecule has 2 amide bonds.